The van der Waals surface area contributed by atoms with Crippen molar-refractivity contribution < 1.29 is 29.4 Å². The second-order valence-electron chi connectivity index (χ2n) is 9.56. The second kappa shape index (κ2) is 12.2. The Morgan fingerprint density at radius 1 is 0.763 bits per heavy atom. The molecule has 0 saturated carbocycles. The van der Waals surface area contributed by atoms with Gasteiger partial charge in [-0.05, 0) is 18.4 Å². The molecule has 2 aliphatic rings. The van der Waals surface area contributed by atoms with Crippen LogP contribution >= 0.6 is 0 Å². The number of nitrogens with one attached hydrogen (secondary N) is 1. The molecule has 3 N–H and O–H groups in total. The summed E-state index contributed by atoms with van der Waals surface area (Å²) in [5, 5.41) is 0. The van der Waals surface area contributed by atoms with Crippen LogP contribution in [0.15, 0.2) is 108 Å². The molecule has 0 aromatic heterocycles. The van der Waals surface area contributed by atoms with Crippen LogP contribution in [0.2, 0.25) is 0 Å². The van der Waals surface area contributed by atoms with Gasteiger partial charge in [0.25, 0.3) is 0 Å². The summed E-state index contributed by atoms with van der Waals surface area (Å²) in [7, 11) is -3.60. The molecule has 0 unspecified atom stereocenters. The van der Waals surface area contributed by atoms with E-state index < -0.39 is 35.9 Å². The first-order valence-corrected chi connectivity index (χ1v) is 16.8. The third-order valence-corrected chi connectivity index (χ3v) is 11.1. The van der Waals surface area contributed by atoms with Crippen molar-refractivity contribution in [2.24, 2.45) is 5.73 Å². The molecule has 2 atom stereocenters. The van der Waals surface area contributed by atoms with Crippen molar-refractivity contribution in [3.8, 4) is 0 Å². The molecule has 2 bridgehead atoms. The summed E-state index contributed by atoms with van der Waals surface area (Å²) in [6.45, 7) is 6.54. The van der Waals surface area contributed by atoms with Crippen molar-refractivity contribution in [3.63, 3.8) is 0 Å². The summed E-state index contributed by atoms with van der Waals surface area (Å²) < 4.78 is 28.4. The molecule has 2 heterocycles. The van der Waals surface area contributed by atoms with Crippen molar-refractivity contribution in [2.45, 2.75) is 43.5 Å². The summed E-state index contributed by atoms with van der Waals surface area (Å²) in [6.07, 6.45) is 0. The normalized spacial score (nSPS) is 15.7. The number of fused-ring (bicyclic) bond motifs is 5. The Balaban J connectivity index is 0.000000283. The Morgan fingerprint density at radius 3 is 1.92 bits per heavy atom. The first-order chi connectivity index (χ1) is 18.2. The van der Waals surface area contributed by atoms with Gasteiger partial charge >= 0.3 is 171 Å². The average molecular weight is 614 g/mol. The molecule has 0 spiro atoms. The van der Waals surface area contributed by atoms with Gasteiger partial charge < -0.3 is 0 Å². The van der Waals surface area contributed by atoms with E-state index in [4.69, 9.17) is 5.73 Å². The van der Waals surface area contributed by atoms with Crippen LogP contribution in [0.1, 0.15) is 69.9 Å². The molecule has 1 amide bonds. The fraction of sp³-hybridized carbons (Fsp3) is 0.194. The number of amides is 1. The standard InChI is InChI=1S/C21H19N2O3S.C10H14.Ru/c22-20(15-9-5-2-6-10-15)19(14-7-3-1-4-8-14)17-13-16(21(23)24)11-12-18(17)27(25)26;1-8(2)10-6-4-9(3)5-7-10;/h1-13,19-20H,22H2,(H2,23,24);4-8H,1-3H3;/q;;+1/p-1/t19-,20+;;/m0../s1. The summed E-state index contributed by atoms with van der Waals surface area (Å²) >= 11 is -1.34. The molecule has 5 nitrogen and oxygen atoms in total. The van der Waals surface area contributed by atoms with Gasteiger partial charge in [-0.1, -0.05) is 43.7 Å². The van der Waals surface area contributed by atoms with E-state index in [2.05, 4.69) is 49.1 Å². The van der Waals surface area contributed by atoms with Gasteiger partial charge in [0.2, 0.25) is 0 Å². The summed E-state index contributed by atoms with van der Waals surface area (Å²) in [5.41, 5.74) is 12.3. The van der Waals surface area contributed by atoms with E-state index in [-0.39, 0.29) is 10.8 Å². The molecule has 0 aliphatic carbocycles. The SMILES string of the molecule is Cc1ccc(C(C)C)cc1.N[C@H](c1ccccc1)[C@@H](c1ccccc1)c1cc2ccc1[S](=O)(=O)[Ru][NH]C2=O. The maximum absolute atomic E-state index is 12.9. The van der Waals surface area contributed by atoms with Crippen LogP contribution < -0.4 is 9.79 Å². The van der Waals surface area contributed by atoms with E-state index in [1.54, 1.807) is 18.2 Å². The van der Waals surface area contributed by atoms with Crippen molar-refractivity contribution in [1.82, 2.24) is 4.06 Å². The first-order valence-electron chi connectivity index (χ1n) is 12.4. The Bertz CT molecular complexity index is 1490. The van der Waals surface area contributed by atoms with Crippen LogP contribution in [0.25, 0.3) is 0 Å². The van der Waals surface area contributed by atoms with E-state index in [0.29, 0.717) is 17.0 Å². The molecular weight excluding hydrogens is 581 g/mol. The fourth-order valence-corrected chi connectivity index (χ4v) is 8.28. The molecule has 7 heteroatoms. The Morgan fingerprint density at radius 2 is 1.34 bits per heavy atom. The number of hydrogen-bond acceptors (Lipinski definition) is 4. The number of hydrogen-bond donors (Lipinski definition) is 2. The minimum atomic E-state index is -3.60. The maximum atomic E-state index is 12.9. The molecule has 38 heavy (non-hydrogen) atoms. The molecule has 4 aromatic rings. The number of nitrogens with two attached hydrogens (primary N) is 1. The average Bonchev–Trinajstić information content (AvgIpc) is 2.93. The van der Waals surface area contributed by atoms with Crippen LogP contribution in [-0.2, 0) is 24.0 Å². The van der Waals surface area contributed by atoms with E-state index in [9.17, 15) is 13.2 Å². The van der Waals surface area contributed by atoms with Gasteiger partial charge in [-0.3, -0.25) is 0 Å². The van der Waals surface area contributed by atoms with Crippen molar-refractivity contribution >= 4 is 13.7 Å². The second-order valence-corrected chi connectivity index (χ2v) is 15.3. The number of rotatable bonds is 5. The molecule has 6 rings (SSSR count). The zero-order valence-electron chi connectivity index (χ0n) is 21.6. The van der Waals surface area contributed by atoms with E-state index in [0.717, 1.165) is 11.1 Å². The van der Waals surface area contributed by atoms with Crippen LogP contribution in [0.3, 0.4) is 0 Å². The van der Waals surface area contributed by atoms with Gasteiger partial charge in [0, 0.05) is 0 Å². The Labute approximate surface area is 232 Å². The third kappa shape index (κ3) is 6.47. The molecule has 0 saturated heterocycles. The zero-order chi connectivity index (χ0) is 27.3. The Kier molecular flexibility index (Phi) is 8.93. The third-order valence-electron chi connectivity index (χ3n) is 6.52. The molecular formula is C31H32N2O3RuS. The van der Waals surface area contributed by atoms with Gasteiger partial charge in [0.05, 0.1) is 0 Å². The van der Waals surface area contributed by atoms with Gasteiger partial charge in [0.15, 0.2) is 0 Å². The zero-order valence-corrected chi connectivity index (χ0v) is 24.2. The fourth-order valence-electron chi connectivity index (χ4n) is 4.38. The predicted molar refractivity (Wildman–Crippen MR) is 148 cm³/mol. The number of aryl methyl sites for hydroxylation is 1. The number of carbonyl (C=O) groups excluding carboxylic acids is 1. The molecule has 4 aromatic carbocycles. The molecule has 0 fully saturated rings. The molecule has 0 radical (unpaired) electrons. The monoisotopic (exact) mass is 614 g/mol. The van der Waals surface area contributed by atoms with Crippen LogP contribution in [0.4, 0.5) is 0 Å². The van der Waals surface area contributed by atoms with E-state index >= 15 is 0 Å². The molecule has 198 valence electrons. The van der Waals surface area contributed by atoms with Crippen molar-refractivity contribution in [1.29, 1.82) is 0 Å². The van der Waals surface area contributed by atoms with Gasteiger partial charge in [0.1, 0.15) is 0 Å². The first kappa shape index (κ1) is 27.9. The van der Waals surface area contributed by atoms with Crippen LogP contribution in [-0.4, -0.2) is 14.3 Å². The quantitative estimate of drug-likeness (QED) is 0.268. The predicted octanol–water partition coefficient (Wildman–Crippen LogP) is 6.07. The van der Waals surface area contributed by atoms with Crippen molar-refractivity contribution in [3.05, 3.63) is 137 Å². The van der Waals surface area contributed by atoms with E-state index in [1.165, 1.54) is 11.1 Å². The summed E-state index contributed by atoms with van der Waals surface area (Å²) in [4.78, 5) is 12.6. The van der Waals surface area contributed by atoms with E-state index in [1.807, 2.05) is 60.7 Å². The topological polar surface area (TPSA) is 89.3 Å². The molecule has 2 aliphatic heterocycles. The van der Waals surface area contributed by atoms with Crippen LogP contribution in [0.5, 0.6) is 0 Å². The number of carbonyl (C=O) groups is 1. The Hall–Kier alpha value is -3.12. The summed E-state index contributed by atoms with van der Waals surface area (Å²) in [6, 6.07) is 32.2. The van der Waals surface area contributed by atoms with Crippen molar-refractivity contribution in [2.75, 3.05) is 0 Å². The van der Waals surface area contributed by atoms with Gasteiger partial charge in [-0.2, -0.15) is 0 Å². The minimum absolute atomic E-state index is 0.245. The number of benzene rings is 4. The van der Waals surface area contributed by atoms with Gasteiger partial charge in [-0.15, -0.1) is 0 Å². The van der Waals surface area contributed by atoms with Gasteiger partial charge in [-0.25, -0.2) is 0 Å². The summed E-state index contributed by atoms with van der Waals surface area (Å²) in [5.74, 6) is -0.116. The van der Waals surface area contributed by atoms with Crippen LogP contribution in [0, 0.1) is 6.92 Å².